The first-order chi connectivity index (χ1) is 14.9. The second kappa shape index (κ2) is 10.7. The van der Waals surface area contributed by atoms with Crippen molar-refractivity contribution >= 4 is 27.3 Å². The first-order valence-corrected chi connectivity index (χ1v) is 12.4. The highest BCUT2D eigenvalue weighted by Crippen LogP contribution is 2.23. The topological polar surface area (TPSA) is 105 Å². The molecule has 0 atom stereocenters. The number of carboxylic acid groups (broad SMARTS) is 1. The fourth-order valence-electron chi connectivity index (χ4n) is 3.18. The van der Waals surface area contributed by atoms with E-state index in [1.165, 1.54) is 16.8 Å². The summed E-state index contributed by atoms with van der Waals surface area (Å²) in [6.45, 7) is 0.590. The Morgan fingerprint density at radius 2 is 1.87 bits per heavy atom. The Labute approximate surface area is 186 Å². The third-order valence-electron chi connectivity index (χ3n) is 4.83. The highest BCUT2D eigenvalue weighted by Gasteiger charge is 2.26. The molecule has 31 heavy (non-hydrogen) atoms. The molecule has 2 heterocycles. The lowest BCUT2D eigenvalue weighted by Gasteiger charge is -2.21. The van der Waals surface area contributed by atoms with Crippen molar-refractivity contribution in [1.29, 1.82) is 0 Å². The van der Waals surface area contributed by atoms with Crippen LogP contribution >= 0.6 is 11.3 Å². The number of imidazole rings is 1. The van der Waals surface area contributed by atoms with E-state index < -0.39 is 16.0 Å². The van der Waals surface area contributed by atoms with Crippen LogP contribution in [0.4, 0.5) is 0 Å². The van der Waals surface area contributed by atoms with Crippen LogP contribution in [0.25, 0.3) is 10.6 Å². The number of carbonyl (C=O) groups is 1. The zero-order chi connectivity index (χ0) is 22.3. The summed E-state index contributed by atoms with van der Waals surface area (Å²) < 4.78 is 29.4. The molecule has 0 radical (unpaired) electrons. The van der Waals surface area contributed by atoms with Crippen LogP contribution in [0.2, 0.25) is 0 Å². The van der Waals surface area contributed by atoms with E-state index in [9.17, 15) is 13.2 Å². The molecular weight excluding hydrogens is 436 g/mol. The molecule has 1 aromatic carbocycles. The molecule has 0 unspecified atom stereocenters. The average Bonchev–Trinajstić information content (AvgIpc) is 3.42. The third-order valence-corrected chi connectivity index (χ3v) is 7.38. The van der Waals surface area contributed by atoms with E-state index in [1.807, 2.05) is 29.6 Å². The smallest absolute Gasteiger partial charge is 0.303 e. The molecular formula is C21H26N4O4S2. The number of unbranched alkanes of at least 4 members (excludes halogenated alkanes) is 3. The Hall–Kier alpha value is -2.56. The van der Waals surface area contributed by atoms with Crippen LogP contribution in [0, 0.1) is 0 Å². The van der Waals surface area contributed by atoms with Crippen molar-refractivity contribution in [2.24, 2.45) is 7.05 Å². The summed E-state index contributed by atoms with van der Waals surface area (Å²) in [5, 5.41) is 11.6. The Balaban J connectivity index is 1.70. The van der Waals surface area contributed by atoms with E-state index in [0.29, 0.717) is 19.4 Å². The molecule has 10 heteroatoms. The lowest BCUT2D eigenvalue weighted by molar-refractivity contribution is -0.137. The van der Waals surface area contributed by atoms with Crippen LogP contribution in [-0.4, -0.2) is 44.9 Å². The van der Waals surface area contributed by atoms with Crippen molar-refractivity contribution in [3.63, 3.8) is 0 Å². The van der Waals surface area contributed by atoms with Gasteiger partial charge in [-0.2, -0.15) is 4.31 Å². The van der Waals surface area contributed by atoms with Gasteiger partial charge in [-0.05, 0) is 18.4 Å². The first-order valence-electron chi connectivity index (χ1n) is 10.0. The van der Waals surface area contributed by atoms with Crippen LogP contribution < -0.4 is 0 Å². The predicted octanol–water partition coefficient (Wildman–Crippen LogP) is 3.77. The quantitative estimate of drug-likeness (QED) is 0.411. The lowest BCUT2D eigenvalue weighted by atomic mass is 10.1. The van der Waals surface area contributed by atoms with Gasteiger partial charge in [-0.15, -0.1) is 11.3 Å². The van der Waals surface area contributed by atoms with E-state index in [4.69, 9.17) is 5.11 Å². The van der Waals surface area contributed by atoms with Gasteiger partial charge < -0.3 is 9.67 Å². The lowest BCUT2D eigenvalue weighted by Crippen LogP contribution is -2.32. The number of sulfonamides is 1. The summed E-state index contributed by atoms with van der Waals surface area (Å²) in [5.74, 6) is -0.805. The van der Waals surface area contributed by atoms with Crippen molar-refractivity contribution in [3.05, 3.63) is 53.9 Å². The van der Waals surface area contributed by atoms with Crippen molar-refractivity contribution in [1.82, 2.24) is 18.8 Å². The van der Waals surface area contributed by atoms with Gasteiger partial charge in [-0.25, -0.2) is 18.4 Å². The Morgan fingerprint density at radius 1 is 1.13 bits per heavy atom. The van der Waals surface area contributed by atoms with Gasteiger partial charge in [-0.1, -0.05) is 37.1 Å². The summed E-state index contributed by atoms with van der Waals surface area (Å²) in [6.07, 6.45) is 7.65. The first kappa shape index (κ1) is 23.1. The molecule has 0 amide bonds. The number of aromatic nitrogens is 3. The average molecular weight is 463 g/mol. The molecule has 1 N–H and O–H groups in total. The summed E-state index contributed by atoms with van der Waals surface area (Å²) >= 11 is 1.55. The van der Waals surface area contributed by atoms with Crippen LogP contribution in [0.1, 0.15) is 37.7 Å². The number of rotatable bonds is 12. The van der Waals surface area contributed by atoms with E-state index in [0.717, 1.165) is 29.0 Å². The molecule has 0 spiro atoms. The fourth-order valence-corrected chi connectivity index (χ4v) is 5.26. The van der Waals surface area contributed by atoms with Gasteiger partial charge in [0.05, 0.1) is 6.33 Å². The van der Waals surface area contributed by atoms with Crippen LogP contribution in [0.3, 0.4) is 0 Å². The van der Waals surface area contributed by atoms with Crippen molar-refractivity contribution < 1.29 is 18.3 Å². The number of aryl methyl sites for hydroxylation is 1. The maximum absolute atomic E-state index is 13.2. The Kier molecular flexibility index (Phi) is 7.94. The normalized spacial score (nSPS) is 11.8. The highest BCUT2D eigenvalue weighted by atomic mass is 32.2. The number of nitrogens with zero attached hydrogens (tertiary/aromatic N) is 4. The Morgan fingerprint density at radius 3 is 2.48 bits per heavy atom. The zero-order valence-electron chi connectivity index (χ0n) is 17.3. The third kappa shape index (κ3) is 6.46. The summed E-state index contributed by atoms with van der Waals surface area (Å²) in [7, 11) is -2.01. The molecule has 3 rings (SSSR count). The maximum atomic E-state index is 13.2. The van der Waals surface area contributed by atoms with Gasteiger partial charge >= 0.3 is 5.97 Å². The molecule has 0 saturated heterocycles. The molecule has 0 bridgehead atoms. The number of hydrogen-bond donors (Lipinski definition) is 1. The second-order valence-corrected chi connectivity index (χ2v) is 10.1. The zero-order valence-corrected chi connectivity index (χ0v) is 19.0. The number of benzene rings is 1. The fraction of sp³-hybridized carbons (Fsp3) is 0.381. The van der Waals surface area contributed by atoms with E-state index in [1.54, 1.807) is 29.1 Å². The van der Waals surface area contributed by atoms with Gasteiger partial charge in [0, 0.05) is 49.9 Å². The molecule has 0 aliphatic rings. The monoisotopic (exact) mass is 462 g/mol. The number of hydrogen-bond acceptors (Lipinski definition) is 6. The van der Waals surface area contributed by atoms with E-state index >= 15 is 0 Å². The second-order valence-electron chi connectivity index (χ2n) is 7.31. The minimum Gasteiger partial charge on any atom is -0.481 e. The van der Waals surface area contributed by atoms with Crippen molar-refractivity contribution in [3.8, 4) is 10.6 Å². The molecule has 0 aliphatic carbocycles. The minimum absolute atomic E-state index is 0.0280. The van der Waals surface area contributed by atoms with Crippen LogP contribution in [0.5, 0.6) is 0 Å². The van der Waals surface area contributed by atoms with Crippen LogP contribution in [0.15, 0.2) is 53.4 Å². The SMILES string of the molecule is Cn1cnc(S(=O)(=O)N(CCCCCCC(=O)O)Cc2ccc(-c3nccs3)cc2)c1. The molecule has 8 nitrogen and oxygen atoms in total. The van der Waals surface area contributed by atoms with Gasteiger partial charge in [0.15, 0.2) is 5.03 Å². The largest absolute Gasteiger partial charge is 0.481 e. The van der Waals surface area contributed by atoms with Crippen molar-refractivity contribution in [2.45, 2.75) is 43.7 Å². The minimum atomic E-state index is -3.74. The van der Waals surface area contributed by atoms with Gasteiger partial charge in [0.1, 0.15) is 5.01 Å². The summed E-state index contributed by atoms with van der Waals surface area (Å²) in [5.41, 5.74) is 1.88. The molecule has 0 fully saturated rings. The Bertz CT molecular complexity index is 1080. The van der Waals surface area contributed by atoms with Gasteiger partial charge in [-0.3, -0.25) is 4.79 Å². The molecule has 3 aromatic rings. The number of aliphatic carboxylic acids is 1. The number of thiazole rings is 1. The van der Waals surface area contributed by atoms with Gasteiger partial charge in [0.2, 0.25) is 0 Å². The summed E-state index contributed by atoms with van der Waals surface area (Å²) in [4.78, 5) is 19.0. The van der Waals surface area contributed by atoms with Crippen molar-refractivity contribution in [2.75, 3.05) is 6.54 Å². The molecule has 2 aromatic heterocycles. The standard InChI is InChI=1S/C21H26N4O4S2/c1-24-15-19(23-16-24)31(28,29)25(12-5-3-2-4-6-20(26)27)14-17-7-9-18(10-8-17)21-22-11-13-30-21/h7-11,13,15-16H,2-6,12,14H2,1H3,(H,26,27). The van der Waals surface area contributed by atoms with E-state index in [2.05, 4.69) is 9.97 Å². The molecule has 0 aliphatic heterocycles. The predicted molar refractivity (Wildman–Crippen MR) is 119 cm³/mol. The number of carboxylic acids is 1. The molecule has 0 saturated carbocycles. The molecule has 166 valence electrons. The highest BCUT2D eigenvalue weighted by molar-refractivity contribution is 7.89. The van der Waals surface area contributed by atoms with Gasteiger partial charge in [0.25, 0.3) is 10.0 Å². The maximum Gasteiger partial charge on any atom is 0.303 e. The van der Waals surface area contributed by atoms with Crippen LogP contribution in [-0.2, 0) is 28.4 Å². The summed E-state index contributed by atoms with van der Waals surface area (Å²) in [6, 6.07) is 7.74. The van der Waals surface area contributed by atoms with E-state index in [-0.39, 0.29) is 18.0 Å².